The quantitative estimate of drug-likeness (QED) is 0.782. The van der Waals surface area contributed by atoms with Gasteiger partial charge in [-0.25, -0.2) is 4.39 Å². The van der Waals surface area contributed by atoms with Crippen molar-refractivity contribution in [1.82, 2.24) is 0 Å². The van der Waals surface area contributed by atoms with E-state index in [4.69, 9.17) is 5.73 Å². The van der Waals surface area contributed by atoms with E-state index in [1.807, 2.05) is 6.92 Å². The molecule has 82 valence electrons. The van der Waals surface area contributed by atoms with Crippen molar-refractivity contribution in [1.29, 1.82) is 0 Å². The Morgan fingerprint density at radius 2 is 2.07 bits per heavy atom. The minimum absolute atomic E-state index is 0.165. The van der Waals surface area contributed by atoms with E-state index in [0.717, 1.165) is 5.56 Å². The average Bonchev–Trinajstić information content (AvgIpc) is 2.09. The van der Waals surface area contributed by atoms with Crippen LogP contribution in [0.3, 0.4) is 0 Å². The van der Waals surface area contributed by atoms with Crippen LogP contribution in [-0.2, 0) is 4.79 Å². The first-order valence-electron chi connectivity index (χ1n) is 4.67. The fraction of sp³-hybridized carbons (Fsp3) is 0.364. The van der Waals surface area contributed by atoms with Crippen LogP contribution in [0.4, 0.5) is 10.1 Å². The van der Waals surface area contributed by atoms with Gasteiger partial charge in [0.15, 0.2) is 0 Å². The number of amides is 1. The number of aryl methyl sites for hydroxylation is 1. The molecule has 0 saturated heterocycles. The molecule has 3 nitrogen and oxygen atoms in total. The number of halogens is 1. The summed E-state index contributed by atoms with van der Waals surface area (Å²) in [5.74, 6) is -0.870. The molecule has 0 spiro atoms. The van der Waals surface area contributed by atoms with Gasteiger partial charge in [-0.05, 0) is 38.5 Å². The molecule has 0 aliphatic heterocycles. The molecule has 1 rings (SSSR count). The Balaban J connectivity index is 2.90. The summed E-state index contributed by atoms with van der Waals surface area (Å²) in [7, 11) is 0. The molecule has 1 aromatic carbocycles. The Kier molecular flexibility index (Phi) is 3.09. The van der Waals surface area contributed by atoms with Gasteiger partial charge in [0.05, 0.1) is 11.2 Å². The standard InChI is InChI=1S/C11H15FN2O/c1-7-4-5-8(12)9(6-7)14-10(15)11(2,3)13/h4-6H,13H2,1-3H3,(H,14,15). The highest BCUT2D eigenvalue weighted by atomic mass is 19.1. The lowest BCUT2D eigenvalue weighted by atomic mass is 10.1. The molecule has 15 heavy (non-hydrogen) atoms. The molecule has 0 aliphatic rings. The number of carbonyl (C=O) groups excluding carboxylic acids is 1. The largest absolute Gasteiger partial charge is 0.322 e. The zero-order valence-electron chi connectivity index (χ0n) is 9.10. The lowest BCUT2D eigenvalue weighted by Crippen LogP contribution is -2.45. The van der Waals surface area contributed by atoms with Crippen molar-refractivity contribution in [3.63, 3.8) is 0 Å². The number of hydrogen-bond donors (Lipinski definition) is 2. The molecule has 4 heteroatoms. The Labute approximate surface area is 88.5 Å². The fourth-order valence-corrected chi connectivity index (χ4v) is 1.02. The second-order valence-electron chi connectivity index (χ2n) is 4.16. The fourth-order valence-electron chi connectivity index (χ4n) is 1.02. The normalized spacial score (nSPS) is 11.3. The molecule has 0 aromatic heterocycles. The smallest absolute Gasteiger partial charge is 0.243 e. The third-order valence-electron chi connectivity index (χ3n) is 1.96. The summed E-state index contributed by atoms with van der Waals surface area (Å²) in [5.41, 5.74) is 5.60. The molecule has 0 atom stereocenters. The van der Waals surface area contributed by atoms with Gasteiger partial charge in [-0.3, -0.25) is 4.79 Å². The molecule has 1 aromatic rings. The van der Waals surface area contributed by atoms with Crippen LogP contribution in [-0.4, -0.2) is 11.4 Å². The van der Waals surface area contributed by atoms with E-state index in [2.05, 4.69) is 5.32 Å². The number of hydrogen-bond acceptors (Lipinski definition) is 2. The van der Waals surface area contributed by atoms with Gasteiger partial charge < -0.3 is 11.1 Å². The third kappa shape index (κ3) is 3.02. The van der Waals surface area contributed by atoms with Gasteiger partial charge in [0, 0.05) is 0 Å². The first kappa shape index (κ1) is 11.7. The van der Waals surface area contributed by atoms with Gasteiger partial charge in [0.2, 0.25) is 5.91 Å². The topological polar surface area (TPSA) is 55.1 Å². The summed E-state index contributed by atoms with van der Waals surface area (Å²) >= 11 is 0. The van der Waals surface area contributed by atoms with Crippen LogP contribution < -0.4 is 11.1 Å². The lowest BCUT2D eigenvalue weighted by Gasteiger charge is -2.18. The Hall–Kier alpha value is -1.42. The van der Waals surface area contributed by atoms with Crippen LogP contribution in [0.2, 0.25) is 0 Å². The van der Waals surface area contributed by atoms with E-state index in [0.29, 0.717) is 0 Å². The summed E-state index contributed by atoms with van der Waals surface area (Å²) in [4.78, 5) is 11.5. The number of carbonyl (C=O) groups is 1. The molecular weight excluding hydrogens is 195 g/mol. The molecule has 0 unspecified atom stereocenters. The number of nitrogens with one attached hydrogen (secondary N) is 1. The summed E-state index contributed by atoms with van der Waals surface area (Å²) in [6.07, 6.45) is 0. The maximum atomic E-state index is 13.3. The van der Waals surface area contributed by atoms with Crippen molar-refractivity contribution in [3.8, 4) is 0 Å². The number of anilines is 1. The van der Waals surface area contributed by atoms with E-state index >= 15 is 0 Å². The highest BCUT2D eigenvalue weighted by Gasteiger charge is 2.22. The zero-order chi connectivity index (χ0) is 11.6. The molecule has 0 bridgehead atoms. The number of nitrogens with two attached hydrogens (primary N) is 1. The predicted molar refractivity (Wildman–Crippen MR) is 58.0 cm³/mol. The van der Waals surface area contributed by atoms with E-state index in [9.17, 15) is 9.18 Å². The average molecular weight is 210 g/mol. The lowest BCUT2D eigenvalue weighted by molar-refractivity contribution is -0.120. The second-order valence-corrected chi connectivity index (χ2v) is 4.16. The van der Waals surface area contributed by atoms with Crippen LogP contribution in [0.1, 0.15) is 19.4 Å². The van der Waals surface area contributed by atoms with Crippen molar-refractivity contribution in [2.75, 3.05) is 5.32 Å². The van der Waals surface area contributed by atoms with Crippen LogP contribution in [0.25, 0.3) is 0 Å². The Morgan fingerprint density at radius 3 is 2.60 bits per heavy atom. The zero-order valence-corrected chi connectivity index (χ0v) is 9.10. The van der Waals surface area contributed by atoms with Gasteiger partial charge in [-0.15, -0.1) is 0 Å². The molecular formula is C11H15FN2O. The van der Waals surface area contributed by atoms with Crippen LogP contribution in [0.5, 0.6) is 0 Å². The Bertz CT molecular complexity index is 383. The van der Waals surface area contributed by atoms with Crippen molar-refractivity contribution in [2.24, 2.45) is 5.73 Å². The minimum Gasteiger partial charge on any atom is -0.322 e. The van der Waals surface area contributed by atoms with E-state index in [1.165, 1.54) is 6.07 Å². The molecule has 0 saturated carbocycles. The van der Waals surface area contributed by atoms with Crippen molar-refractivity contribution >= 4 is 11.6 Å². The maximum Gasteiger partial charge on any atom is 0.243 e. The van der Waals surface area contributed by atoms with Crippen LogP contribution >= 0.6 is 0 Å². The minimum atomic E-state index is -1.02. The summed E-state index contributed by atoms with van der Waals surface area (Å²) in [6, 6.07) is 4.52. The molecule has 1 amide bonds. The SMILES string of the molecule is Cc1ccc(F)c(NC(=O)C(C)(C)N)c1. The maximum absolute atomic E-state index is 13.3. The van der Waals surface area contributed by atoms with Crippen molar-refractivity contribution in [2.45, 2.75) is 26.3 Å². The first-order valence-corrected chi connectivity index (χ1v) is 4.67. The third-order valence-corrected chi connectivity index (χ3v) is 1.96. The number of rotatable bonds is 2. The van der Waals surface area contributed by atoms with Crippen LogP contribution in [0, 0.1) is 12.7 Å². The van der Waals surface area contributed by atoms with Gasteiger partial charge >= 0.3 is 0 Å². The molecule has 0 aliphatic carbocycles. The monoisotopic (exact) mass is 210 g/mol. The first-order chi connectivity index (χ1) is 6.80. The second kappa shape index (κ2) is 3.98. The van der Waals surface area contributed by atoms with Gasteiger partial charge in [0.25, 0.3) is 0 Å². The summed E-state index contributed by atoms with van der Waals surface area (Å²) in [6.45, 7) is 4.95. The highest BCUT2D eigenvalue weighted by molar-refractivity contribution is 5.97. The molecule has 3 N–H and O–H groups in total. The van der Waals surface area contributed by atoms with Crippen LogP contribution in [0.15, 0.2) is 18.2 Å². The van der Waals surface area contributed by atoms with Crippen molar-refractivity contribution < 1.29 is 9.18 Å². The van der Waals surface area contributed by atoms with E-state index in [1.54, 1.807) is 26.0 Å². The molecule has 0 fully saturated rings. The van der Waals surface area contributed by atoms with Gasteiger partial charge in [0.1, 0.15) is 5.82 Å². The summed E-state index contributed by atoms with van der Waals surface area (Å²) in [5, 5.41) is 2.45. The van der Waals surface area contributed by atoms with E-state index < -0.39 is 17.3 Å². The van der Waals surface area contributed by atoms with Gasteiger partial charge in [-0.1, -0.05) is 6.07 Å². The summed E-state index contributed by atoms with van der Waals surface area (Å²) < 4.78 is 13.3. The van der Waals surface area contributed by atoms with Gasteiger partial charge in [-0.2, -0.15) is 0 Å². The molecule has 0 radical (unpaired) electrons. The van der Waals surface area contributed by atoms with Crippen molar-refractivity contribution in [3.05, 3.63) is 29.6 Å². The highest BCUT2D eigenvalue weighted by Crippen LogP contribution is 2.16. The number of benzene rings is 1. The predicted octanol–water partition coefficient (Wildman–Crippen LogP) is 1.81. The Morgan fingerprint density at radius 1 is 1.47 bits per heavy atom. The van der Waals surface area contributed by atoms with E-state index in [-0.39, 0.29) is 5.69 Å². The molecule has 0 heterocycles.